The predicted molar refractivity (Wildman–Crippen MR) is 78.7 cm³/mol. The summed E-state index contributed by atoms with van der Waals surface area (Å²) in [6.07, 6.45) is 4.42. The van der Waals surface area contributed by atoms with Gasteiger partial charge in [0, 0.05) is 19.8 Å². The first-order valence-corrected chi connectivity index (χ1v) is 6.70. The van der Waals surface area contributed by atoms with Crippen LogP contribution in [0.1, 0.15) is 16.1 Å². The molecule has 22 heavy (non-hydrogen) atoms. The zero-order chi connectivity index (χ0) is 15.7. The molecule has 0 aliphatic rings. The number of anilines is 1. The molecule has 3 rings (SSSR count). The molecule has 2 N–H and O–H groups in total. The highest BCUT2D eigenvalue weighted by molar-refractivity contribution is 6.04. The Morgan fingerprint density at radius 1 is 1.45 bits per heavy atom. The summed E-state index contributed by atoms with van der Waals surface area (Å²) in [6, 6.07) is 0. The number of pyridine rings is 1. The molecule has 9 nitrogen and oxygen atoms in total. The highest BCUT2D eigenvalue weighted by atomic mass is 16.4. The van der Waals surface area contributed by atoms with Crippen molar-refractivity contribution in [2.24, 2.45) is 7.05 Å². The minimum atomic E-state index is -1.03. The molecule has 0 bridgehead atoms. The Bertz CT molecular complexity index is 823. The summed E-state index contributed by atoms with van der Waals surface area (Å²) < 4.78 is 3.31. The fourth-order valence-corrected chi connectivity index (χ4v) is 2.40. The second kappa shape index (κ2) is 5.43. The third-order valence-corrected chi connectivity index (χ3v) is 3.37. The molecule has 114 valence electrons. The maximum Gasteiger partial charge on any atom is 0.339 e. The van der Waals surface area contributed by atoms with Crippen LogP contribution in [-0.4, -0.2) is 47.1 Å². The van der Waals surface area contributed by atoms with Crippen molar-refractivity contribution in [2.45, 2.75) is 13.5 Å². The van der Waals surface area contributed by atoms with Gasteiger partial charge in [0.15, 0.2) is 5.65 Å². The van der Waals surface area contributed by atoms with Gasteiger partial charge < -0.3 is 10.4 Å². The monoisotopic (exact) mass is 301 g/mol. The normalized spacial score (nSPS) is 11.0. The molecule has 3 aromatic rings. The number of fused-ring (bicyclic) bond motifs is 1. The van der Waals surface area contributed by atoms with Crippen LogP contribution < -0.4 is 5.32 Å². The van der Waals surface area contributed by atoms with Gasteiger partial charge >= 0.3 is 5.97 Å². The van der Waals surface area contributed by atoms with E-state index in [0.717, 1.165) is 11.1 Å². The zero-order valence-corrected chi connectivity index (χ0v) is 12.2. The zero-order valence-electron chi connectivity index (χ0n) is 12.2. The van der Waals surface area contributed by atoms with E-state index in [1.165, 1.54) is 12.5 Å². The number of carboxylic acids is 1. The molecule has 0 saturated carbocycles. The molecule has 0 fully saturated rings. The van der Waals surface area contributed by atoms with Crippen LogP contribution in [0.25, 0.3) is 11.0 Å². The molecular weight excluding hydrogens is 286 g/mol. The quantitative estimate of drug-likeness (QED) is 0.712. The van der Waals surface area contributed by atoms with E-state index in [1.807, 2.05) is 6.92 Å². The van der Waals surface area contributed by atoms with E-state index in [4.69, 9.17) is 0 Å². The number of carbonyl (C=O) groups is 1. The van der Waals surface area contributed by atoms with E-state index in [-0.39, 0.29) is 5.56 Å². The number of hydrogen-bond acceptors (Lipinski definition) is 6. The van der Waals surface area contributed by atoms with Crippen LogP contribution in [-0.2, 0) is 13.6 Å². The van der Waals surface area contributed by atoms with Gasteiger partial charge in [-0.05, 0) is 6.92 Å². The lowest BCUT2D eigenvalue weighted by atomic mass is 10.1. The van der Waals surface area contributed by atoms with Crippen molar-refractivity contribution in [1.82, 2.24) is 29.5 Å². The van der Waals surface area contributed by atoms with Crippen molar-refractivity contribution in [2.75, 3.05) is 11.9 Å². The second-order valence-corrected chi connectivity index (χ2v) is 4.84. The van der Waals surface area contributed by atoms with Gasteiger partial charge in [-0.15, -0.1) is 0 Å². The summed E-state index contributed by atoms with van der Waals surface area (Å²) >= 11 is 0. The Labute approximate surface area is 125 Å². The highest BCUT2D eigenvalue weighted by Gasteiger charge is 2.18. The first-order chi connectivity index (χ1) is 10.6. The molecule has 0 radical (unpaired) electrons. The molecule has 0 saturated heterocycles. The summed E-state index contributed by atoms with van der Waals surface area (Å²) in [5.74, 6) is -1.03. The van der Waals surface area contributed by atoms with Gasteiger partial charge in [-0.1, -0.05) is 0 Å². The van der Waals surface area contributed by atoms with Crippen molar-refractivity contribution in [3.05, 3.63) is 30.1 Å². The minimum Gasteiger partial charge on any atom is -0.478 e. The standard InChI is InChI=1S/C13H15N7O2/c1-8-10-11(15-3-4-20-7-14-6-17-20)9(13(21)22)5-16-12(10)19(2)18-8/h5-7H,3-4H2,1-2H3,(H,15,16)(H,21,22). The van der Waals surface area contributed by atoms with Crippen molar-refractivity contribution in [1.29, 1.82) is 0 Å². The largest absolute Gasteiger partial charge is 0.478 e. The Kier molecular flexibility index (Phi) is 3.45. The Morgan fingerprint density at radius 3 is 2.95 bits per heavy atom. The van der Waals surface area contributed by atoms with Gasteiger partial charge in [0.05, 0.1) is 23.3 Å². The molecule has 0 amide bonds. The number of carboxylic acid groups (broad SMARTS) is 1. The molecule has 3 heterocycles. The number of nitrogens with zero attached hydrogens (tertiary/aromatic N) is 6. The molecule has 0 aliphatic carbocycles. The molecule has 0 aliphatic heterocycles. The first-order valence-electron chi connectivity index (χ1n) is 6.70. The van der Waals surface area contributed by atoms with E-state index in [2.05, 4.69) is 25.5 Å². The van der Waals surface area contributed by atoms with Crippen LogP contribution in [0.2, 0.25) is 0 Å². The summed E-state index contributed by atoms with van der Waals surface area (Å²) in [5.41, 5.74) is 2.03. The number of rotatable bonds is 5. The molecule has 0 unspecified atom stereocenters. The topological polar surface area (TPSA) is 111 Å². The molecular formula is C13H15N7O2. The Hall–Kier alpha value is -2.97. The van der Waals surface area contributed by atoms with Gasteiger partial charge in [0.1, 0.15) is 18.2 Å². The smallest absolute Gasteiger partial charge is 0.339 e. The molecule has 3 aromatic heterocycles. The number of hydrogen-bond donors (Lipinski definition) is 2. The third-order valence-electron chi connectivity index (χ3n) is 3.37. The van der Waals surface area contributed by atoms with E-state index in [9.17, 15) is 9.90 Å². The van der Waals surface area contributed by atoms with E-state index in [1.54, 1.807) is 22.7 Å². The van der Waals surface area contributed by atoms with E-state index in [0.29, 0.717) is 24.4 Å². The van der Waals surface area contributed by atoms with E-state index < -0.39 is 5.97 Å². The van der Waals surface area contributed by atoms with Crippen LogP contribution in [0.5, 0.6) is 0 Å². The molecule has 0 aromatic carbocycles. The van der Waals surface area contributed by atoms with Crippen LogP contribution in [0.4, 0.5) is 5.69 Å². The Balaban J connectivity index is 1.97. The summed E-state index contributed by atoms with van der Waals surface area (Å²) in [7, 11) is 1.78. The average Bonchev–Trinajstić information content (AvgIpc) is 3.08. The maximum absolute atomic E-state index is 11.4. The van der Waals surface area contributed by atoms with Gasteiger partial charge in [0.2, 0.25) is 0 Å². The van der Waals surface area contributed by atoms with Gasteiger partial charge in [-0.3, -0.25) is 9.36 Å². The Morgan fingerprint density at radius 2 is 2.27 bits per heavy atom. The third kappa shape index (κ3) is 2.36. The average molecular weight is 301 g/mol. The SMILES string of the molecule is Cc1nn(C)c2ncc(C(=O)O)c(NCCn3cncn3)c12. The predicted octanol–water partition coefficient (Wildman–Crippen LogP) is 0.679. The van der Waals surface area contributed by atoms with Gasteiger partial charge in [-0.25, -0.2) is 14.8 Å². The number of aromatic carboxylic acids is 1. The van der Waals surface area contributed by atoms with Crippen LogP contribution in [0.15, 0.2) is 18.9 Å². The maximum atomic E-state index is 11.4. The van der Waals surface area contributed by atoms with E-state index >= 15 is 0 Å². The summed E-state index contributed by atoms with van der Waals surface area (Å²) in [4.78, 5) is 19.5. The number of aryl methyl sites for hydroxylation is 2. The van der Waals surface area contributed by atoms with Crippen molar-refractivity contribution in [3.8, 4) is 0 Å². The van der Waals surface area contributed by atoms with Crippen LogP contribution in [0.3, 0.4) is 0 Å². The lowest BCUT2D eigenvalue weighted by Gasteiger charge is -2.11. The lowest BCUT2D eigenvalue weighted by molar-refractivity contribution is 0.0697. The van der Waals surface area contributed by atoms with Crippen molar-refractivity contribution >= 4 is 22.7 Å². The van der Waals surface area contributed by atoms with Crippen LogP contribution in [0, 0.1) is 6.92 Å². The van der Waals surface area contributed by atoms with Crippen molar-refractivity contribution in [3.63, 3.8) is 0 Å². The second-order valence-electron chi connectivity index (χ2n) is 4.84. The molecule has 0 spiro atoms. The number of nitrogens with one attached hydrogen (secondary N) is 1. The fourth-order valence-electron chi connectivity index (χ4n) is 2.40. The highest BCUT2D eigenvalue weighted by Crippen LogP contribution is 2.28. The first kappa shape index (κ1) is 14.0. The fraction of sp³-hybridized carbons (Fsp3) is 0.308. The molecule has 0 atom stereocenters. The van der Waals surface area contributed by atoms with Crippen LogP contribution >= 0.6 is 0 Å². The van der Waals surface area contributed by atoms with Gasteiger partial charge in [0.25, 0.3) is 0 Å². The summed E-state index contributed by atoms with van der Waals surface area (Å²) in [5, 5.41) is 21.6. The lowest BCUT2D eigenvalue weighted by Crippen LogP contribution is -2.14. The number of aromatic nitrogens is 6. The molecule has 9 heteroatoms. The summed E-state index contributed by atoms with van der Waals surface area (Å²) in [6.45, 7) is 2.91. The van der Waals surface area contributed by atoms with Gasteiger partial charge in [-0.2, -0.15) is 10.2 Å². The van der Waals surface area contributed by atoms with Crippen molar-refractivity contribution < 1.29 is 9.90 Å². The minimum absolute atomic E-state index is 0.127.